The van der Waals surface area contributed by atoms with Crippen molar-refractivity contribution in [2.24, 2.45) is 17.3 Å². The van der Waals surface area contributed by atoms with Crippen LogP contribution in [0.4, 0.5) is 5.13 Å². The lowest BCUT2D eigenvalue weighted by atomic mass is 9.48. The van der Waals surface area contributed by atoms with Crippen molar-refractivity contribution < 1.29 is 4.79 Å². The summed E-state index contributed by atoms with van der Waals surface area (Å²) in [7, 11) is 0. The molecule has 4 aliphatic rings. The number of nitrogens with one attached hydrogen (secondary N) is 1. The number of halogens is 1. The van der Waals surface area contributed by atoms with E-state index >= 15 is 0 Å². The maximum absolute atomic E-state index is 12.7. The van der Waals surface area contributed by atoms with Crippen molar-refractivity contribution in [1.29, 1.82) is 0 Å². The molecule has 1 aromatic carbocycles. The smallest absolute Gasteiger partial charge is 0.226 e. The number of alkyl halides is 1. The van der Waals surface area contributed by atoms with Crippen LogP contribution in [0.15, 0.2) is 24.3 Å². The van der Waals surface area contributed by atoms with Crippen LogP contribution in [0.25, 0.3) is 10.2 Å². The highest BCUT2D eigenvalue weighted by Crippen LogP contribution is 2.65. The Morgan fingerprint density at radius 3 is 2.71 bits per heavy atom. The Morgan fingerprint density at radius 1 is 1.25 bits per heavy atom. The van der Waals surface area contributed by atoms with Crippen LogP contribution in [0.5, 0.6) is 0 Å². The number of hydrogen-bond acceptors (Lipinski definition) is 3. The van der Waals surface area contributed by atoms with E-state index in [1.54, 1.807) is 11.3 Å². The zero-order valence-corrected chi connectivity index (χ0v) is 16.0. The molecular weight excluding hydrogens is 384 g/mol. The van der Waals surface area contributed by atoms with Crippen molar-refractivity contribution in [3.05, 3.63) is 24.3 Å². The number of benzene rings is 1. The molecule has 1 N–H and O–H groups in total. The number of aromatic nitrogens is 1. The number of hydrogen-bond donors (Lipinski definition) is 1. The molecule has 126 valence electrons. The lowest BCUT2D eigenvalue weighted by molar-refractivity contribution is -0.123. The summed E-state index contributed by atoms with van der Waals surface area (Å²) in [6.07, 6.45) is 8.31. The van der Waals surface area contributed by atoms with E-state index in [9.17, 15) is 4.79 Å². The van der Waals surface area contributed by atoms with Gasteiger partial charge in [0.05, 0.1) is 10.2 Å². The Labute approximate surface area is 154 Å². The van der Waals surface area contributed by atoms with Crippen LogP contribution in [-0.2, 0) is 4.79 Å². The molecule has 4 aliphatic carbocycles. The van der Waals surface area contributed by atoms with Gasteiger partial charge in [0.25, 0.3) is 0 Å². The average molecular weight is 405 g/mol. The molecule has 6 rings (SSSR count). The minimum Gasteiger partial charge on any atom is -0.302 e. The molecule has 0 saturated heterocycles. The van der Waals surface area contributed by atoms with Crippen molar-refractivity contribution in [2.45, 2.75) is 49.3 Å². The van der Waals surface area contributed by atoms with Gasteiger partial charge < -0.3 is 5.32 Å². The first-order valence-electron chi connectivity index (χ1n) is 8.85. The molecule has 0 aliphatic heterocycles. The maximum Gasteiger partial charge on any atom is 0.226 e. The van der Waals surface area contributed by atoms with Gasteiger partial charge in [-0.15, -0.1) is 0 Å². The first-order chi connectivity index (χ1) is 11.5. The van der Waals surface area contributed by atoms with Gasteiger partial charge in [0.2, 0.25) is 5.91 Å². The highest BCUT2D eigenvalue weighted by molar-refractivity contribution is 9.10. The number of para-hydroxylation sites is 1. The van der Waals surface area contributed by atoms with Crippen LogP contribution in [0.1, 0.15) is 44.9 Å². The number of carbonyl (C=O) groups excluding carboxylic acids is 1. The fourth-order valence-corrected chi connectivity index (χ4v) is 8.36. The minimum atomic E-state index is 0.145. The maximum atomic E-state index is 12.7. The molecule has 0 radical (unpaired) electrons. The molecule has 4 saturated carbocycles. The monoisotopic (exact) mass is 404 g/mol. The Bertz CT molecular complexity index is 770. The van der Waals surface area contributed by atoms with Crippen LogP contribution >= 0.6 is 27.3 Å². The van der Waals surface area contributed by atoms with Crippen LogP contribution in [0, 0.1) is 17.3 Å². The molecule has 1 aromatic heterocycles. The van der Waals surface area contributed by atoms with Gasteiger partial charge in [0.15, 0.2) is 5.13 Å². The first-order valence-corrected chi connectivity index (χ1v) is 10.5. The second-order valence-electron chi connectivity index (χ2n) is 8.32. The molecular formula is C19H21BrN2OS. The van der Waals surface area contributed by atoms with Crippen LogP contribution < -0.4 is 5.32 Å². The molecule has 4 bridgehead atoms. The highest BCUT2D eigenvalue weighted by Gasteiger charge is 2.57. The summed E-state index contributed by atoms with van der Waals surface area (Å²) < 4.78 is 1.44. The summed E-state index contributed by atoms with van der Waals surface area (Å²) in [4.78, 5) is 17.3. The van der Waals surface area contributed by atoms with Gasteiger partial charge in [0.1, 0.15) is 0 Å². The number of anilines is 1. The summed E-state index contributed by atoms with van der Waals surface area (Å²) in [6, 6.07) is 8.04. The van der Waals surface area contributed by atoms with Gasteiger partial charge in [-0.05, 0) is 67.9 Å². The molecule has 2 aromatic rings. The molecule has 2 atom stereocenters. The van der Waals surface area contributed by atoms with Gasteiger partial charge in [-0.3, -0.25) is 4.79 Å². The van der Waals surface area contributed by atoms with E-state index in [0.29, 0.717) is 10.7 Å². The Morgan fingerprint density at radius 2 is 2.00 bits per heavy atom. The lowest BCUT2D eigenvalue weighted by Crippen LogP contribution is -2.53. The van der Waals surface area contributed by atoms with Gasteiger partial charge in [-0.25, -0.2) is 4.98 Å². The molecule has 4 fully saturated rings. The molecule has 1 amide bonds. The SMILES string of the molecule is O=C(CC12C[C@@H]3C[C@H](CC(Br)(C3)C1)C2)Nc1nc2ccccc2s1. The fourth-order valence-electron chi connectivity index (χ4n) is 5.97. The number of nitrogens with zero attached hydrogens (tertiary/aromatic N) is 1. The summed E-state index contributed by atoms with van der Waals surface area (Å²) in [6.45, 7) is 0. The second-order valence-corrected chi connectivity index (χ2v) is 11.0. The lowest BCUT2D eigenvalue weighted by Gasteiger charge is -2.60. The van der Waals surface area contributed by atoms with Crippen LogP contribution in [0.3, 0.4) is 0 Å². The molecule has 5 heteroatoms. The van der Waals surface area contributed by atoms with Gasteiger partial charge in [-0.2, -0.15) is 0 Å². The number of fused-ring (bicyclic) bond motifs is 1. The van der Waals surface area contributed by atoms with Crippen molar-refractivity contribution in [3.8, 4) is 0 Å². The van der Waals surface area contributed by atoms with Crippen LogP contribution in [0.2, 0.25) is 0 Å². The summed E-state index contributed by atoms with van der Waals surface area (Å²) in [5.74, 6) is 1.79. The van der Waals surface area contributed by atoms with Crippen molar-refractivity contribution in [1.82, 2.24) is 4.98 Å². The molecule has 0 unspecified atom stereocenters. The predicted octanol–water partition coefficient (Wildman–Crippen LogP) is 5.36. The van der Waals surface area contributed by atoms with Gasteiger partial charge in [0, 0.05) is 10.7 Å². The molecule has 0 spiro atoms. The van der Waals surface area contributed by atoms with E-state index in [1.165, 1.54) is 38.5 Å². The highest BCUT2D eigenvalue weighted by atomic mass is 79.9. The normalized spacial score (nSPS) is 37.0. The topological polar surface area (TPSA) is 42.0 Å². The zero-order chi connectivity index (χ0) is 16.4. The van der Waals surface area contributed by atoms with Crippen molar-refractivity contribution >= 4 is 48.5 Å². The van der Waals surface area contributed by atoms with E-state index in [2.05, 4.69) is 32.3 Å². The Balaban J connectivity index is 1.33. The van der Waals surface area contributed by atoms with E-state index in [4.69, 9.17) is 0 Å². The van der Waals surface area contributed by atoms with E-state index in [-0.39, 0.29) is 11.3 Å². The fraction of sp³-hybridized carbons (Fsp3) is 0.579. The van der Waals surface area contributed by atoms with Crippen LogP contribution in [-0.4, -0.2) is 15.2 Å². The number of amides is 1. The van der Waals surface area contributed by atoms with E-state index in [1.807, 2.05) is 18.2 Å². The molecule has 24 heavy (non-hydrogen) atoms. The zero-order valence-electron chi connectivity index (χ0n) is 13.6. The summed E-state index contributed by atoms with van der Waals surface area (Å²) in [5, 5.41) is 3.81. The Kier molecular flexibility index (Phi) is 3.37. The summed E-state index contributed by atoms with van der Waals surface area (Å²) in [5.41, 5.74) is 1.18. The summed E-state index contributed by atoms with van der Waals surface area (Å²) >= 11 is 5.60. The minimum absolute atomic E-state index is 0.145. The van der Waals surface area contributed by atoms with Crippen molar-refractivity contribution in [3.63, 3.8) is 0 Å². The third kappa shape index (κ3) is 2.60. The van der Waals surface area contributed by atoms with Crippen molar-refractivity contribution in [2.75, 3.05) is 5.32 Å². The van der Waals surface area contributed by atoms with Gasteiger partial charge >= 0.3 is 0 Å². The number of rotatable bonds is 3. The quantitative estimate of drug-likeness (QED) is 0.699. The largest absolute Gasteiger partial charge is 0.302 e. The average Bonchev–Trinajstić information content (AvgIpc) is 2.85. The first kappa shape index (κ1) is 15.3. The van der Waals surface area contributed by atoms with E-state index in [0.717, 1.165) is 27.2 Å². The molecule has 3 nitrogen and oxygen atoms in total. The molecule has 1 heterocycles. The third-order valence-corrected chi connectivity index (χ3v) is 8.07. The number of thiazole rings is 1. The second kappa shape index (κ2) is 5.28. The predicted molar refractivity (Wildman–Crippen MR) is 102 cm³/mol. The van der Waals surface area contributed by atoms with Gasteiger partial charge in [-0.1, -0.05) is 39.4 Å². The Hall–Kier alpha value is -0.940. The van der Waals surface area contributed by atoms with E-state index < -0.39 is 0 Å². The standard InChI is InChI=1S/C19H21BrN2OS/c20-19-8-12-5-13(9-19)7-18(6-12,11-19)10-16(23)22-17-21-14-3-1-2-4-15(14)24-17/h1-4,12-13H,5-11H2,(H,21,22,23)/t12-,13-,18?,19?/m0/s1. The number of carbonyl (C=O) groups is 1. The third-order valence-electron chi connectivity index (χ3n) is 6.19.